The predicted molar refractivity (Wildman–Crippen MR) is 70.4 cm³/mol. The fraction of sp³-hybridized carbons (Fsp3) is 0.571. The Hall–Kier alpha value is -1.22. The van der Waals surface area contributed by atoms with Gasteiger partial charge in [0.15, 0.2) is 0 Å². The van der Waals surface area contributed by atoms with Crippen molar-refractivity contribution in [3.8, 4) is 11.5 Å². The summed E-state index contributed by atoms with van der Waals surface area (Å²) in [6, 6.07) is 5.74. The second kappa shape index (κ2) is 6.50. The van der Waals surface area contributed by atoms with E-state index in [1.165, 1.54) is 0 Å². The van der Waals surface area contributed by atoms with Crippen LogP contribution in [0, 0.1) is 5.92 Å². The van der Waals surface area contributed by atoms with Crippen LogP contribution in [-0.2, 0) is 6.54 Å². The van der Waals surface area contributed by atoms with Gasteiger partial charge in [-0.05, 0) is 37.5 Å². The zero-order chi connectivity index (χ0) is 12.8. The van der Waals surface area contributed by atoms with E-state index < -0.39 is 0 Å². The number of aromatic hydroxyl groups is 1. The highest BCUT2D eigenvalue weighted by molar-refractivity contribution is 5.39. The average molecular weight is 237 g/mol. The first-order valence-electron chi connectivity index (χ1n) is 6.12. The first kappa shape index (κ1) is 13.8. The number of phenols is 1. The number of nitrogens with one attached hydrogen (secondary N) is 1. The zero-order valence-corrected chi connectivity index (χ0v) is 11.2. The van der Waals surface area contributed by atoms with Gasteiger partial charge in [-0.25, -0.2) is 0 Å². The van der Waals surface area contributed by atoms with E-state index in [-0.39, 0.29) is 0 Å². The van der Waals surface area contributed by atoms with Gasteiger partial charge in [0.2, 0.25) is 0 Å². The molecule has 2 N–H and O–H groups in total. The van der Waals surface area contributed by atoms with Crippen molar-refractivity contribution >= 4 is 0 Å². The molecule has 0 amide bonds. The summed E-state index contributed by atoms with van der Waals surface area (Å²) in [5.41, 5.74) is 0.875. The molecule has 1 atom stereocenters. The topological polar surface area (TPSA) is 41.5 Å². The lowest BCUT2D eigenvalue weighted by molar-refractivity contribution is 0.406. The van der Waals surface area contributed by atoms with Crippen LogP contribution in [0.3, 0.4) is 0 Å². The summed E-state index contributed by atoms with van der Waals surface area (Å²) in [5, 5.41) is 13.1. The summed E-state index contributed by atoms with van der Waals surface area (Å²) >= 11 is 0. The van der Waals surface area contributed by atoms with Gasteiger partial charge in [-0.15, -0.1) is 0 Å². The lowest BCUT2D eigenvalue weighted by atomic mass is 10.0. The van der Waals surface area contributed by atoms with Crippen LogP contribution in [0.25, 0.3) is 0 Å². The zero-order valence-electron chi connectivity index (χ0n) is 11.2. The van der Waals surface area contributed by atoms with E-state index in [2.05, 4.69) is 26.1 Å². The van der Waals surface area contributed by atoms with E-state index in [9.17, 15) is 5.11 Å². The number of ether oxygens (including phenoxy) is 1. The van der Waals surface area contributed by atoms with Crippen molar-refractivity contribution in [2.45, 2.75) is 39.8 Å². The molecule has 1 aromatic rings. The van der Waals surface area contributed by atoms with Gasteiger partial charge in [0.25, 0.3) is 0 Å². The Morgan fingerprint density at radius 3 is 2.59 bits per heavy atom. The van der Waals surface area contributed by atoms with Crippen LogP contribution in [0.4, 0.5) is 0 Å². The normalized spacial score (nSPS) is 12.8. The van der Waals surface area contributed by atoms with Gasteiger partial charge in [0, 0.05) is 18.2 Å². The molecule has 3 nitrogen and oxygen atoms in total. The number of rotatable bonds is 6. The third-order valence-corrected chi connectivity index (χ3v) is 2.75. The molecular weight excluding hydrogens is 214 g/mol. The van der Waals surface area contributed by atoms with Gasteiger partial charge in [-0.2, -0.15) is 0 Å². The minimum absolute atomic E-state index is 0.315. The van der Waals surface area contributed by atoms with E-state index in [1.54, 1.807) is 19.2 Å². The van der Waals surface area contributed by atoms with Gasteiger partial charge in [0.1, 0.15) is 11.5 Å². The molecule has 0 spiro atoms. The molecule has 0 aliphatic rings. The third-order valence-electron chi connectivity index (χ3n) is 2.75. The van der Waals surface area contributed by atoms with Crippen LogP contribution in [0.15, 0.2) is 18.2 Å². The Morgan fingerprint density at radius 1 is 1.29 bits per heavy atom. The molecule has 96 valence electrons. The summed E-state index contributed by atoms with van der Waals surface area (Å²) in [4.78, 5) is 0. The molecule has 1 rings (SSSR count). The highest BCUT2D eigenvalue weighted by Crippen LogP contribution is 2.22. The highest BCUT2D eigenvalue weighted by Gasteiger charge is 2.07. The summed E-state index contributed by atoms with van der Waals surface area (Å²) < 4.78 is 5.14. The quantitative estimate of drug-likeness (QED) is 0.799. The second-order valence-corrected chi connectivity index (χ2v) is 4.91. The number of phenolic OH excluding ortho intramolecular Hbond substituents is 1. The Balaban J connectivity index is 2.56. The lowest BCUT2D eigenvalue weighted by Gasteiger charge is -2.16. The standard InChI is InChI=1S/C14H23NO2/c1-10(2)7-11(3)15-9-12-8-13(17-4)5-6-14(12)16/h5-6,8,10-11,15-16H,7,9H2,1-4H3. The van der Waals surface area contributed by atoms with Crippen LogP contribution < -0.4 is 10.1 Å². The Bertz CT molecular complexity index is 350. The summed E-state index contributed by atoms with van der Waals surface area (Å²) in [5.74, 6) is 1.77. The van der Waals surface area contributed by atoms with E-state index >= 15 is 0 Å². The molecule has 0 saturated carbocycles. The second-order valence-electron chi connectivity index (χ2n) is 4.91. The summed E-state index contributed by atoms with van der Waals surface area (Å²) in [6.07, 6.45) is 1.13. The lowest BCUT2D eigenvalue weighted by Crippen LogP contribution is -2.26. The van der Waals surface area contributed by atoms with Gasteiger partial charge in [-0.3, -0.25) is 0 Å². The minimum Gasteiger partial charge on any atom is -0.508 e. The van der Waals surface area contributed by atoms with E-state index in [0.29, 0.717) is 24.3 Å². The van der Waals surface area contributed by atoms with Crippen molar-refractivity contribution in [3.05, 3.63) is 23.8 Å². The molecule has 1 aromatic carbocycles. The molecule has 0 aliphatic carbocycles. The molecular formula is C14H23NO2. The van der Waals surface area contributed by atoms with Gasteiger partial charge >= 0.3 is 0 Å². The molecule has 0 bridgehead atoms. The van der Waals surface area contributed by atoms with Crippen molar-refractivity contribution in [3.63, 3.8) is 0 Å². The van der Waals surface area contributed by atoms with Crippen molar-refractivity contribution < 1.29 is 9.84 Å². The monoisotopic (exact) mass is 237 g/mol. The van der Waals surface area contributed by atoms with E-state index in [1.807, 2.05) is 6.07 Å². The molecule has 3 heteroatoms. The maximum Gasteiger partial charge on any atom is 0.120 e. The minimum atomic E-state index is 0.315. The number of hydrogen-bond acceptors (Lipinski definition) is 3. The Labute approximate surface area is 104 Å². The highest BCUT2D eigenvalue weighted by atomic mass is 16.5. The summed E-state index contributed by atoms with van der Waals surface area (Å²) in [6.45, 7) is 7.25. The molecule has 0 radical (unpaired) electrons. The smallest absolute Gasteiger partial charge is 0.120 e. The van der Waals surface area contributed by atoms with Crippen LogP contribution >= 0.6 is 0 Å². The van der Waals surface area contributed by atoms with Crippen LogP contribution in [-0.4, -0.2) is 18.3 Å². The molecule has 0 aromatic heterocycles. The summed E-state index contributed by atoms with van der Waals surface area (Å²) in [7, 11) is 1.63. The third kappa shape index (κ3) is 4.65. The average Bonchev–Trinajstić information content (AvgIpc) is 2.27. The van der Waals surface area contributed by atoms with Gasteiger partial charge in [0.05, 0.1) is 7.11 Å². The fourth-order valence-electron chi connectivity index (χ4n) is 1.91. The molecule has 1 unspecified atom stereocenters. The largest absolute Gasteiger partial charge is 0.508 e. The number of methoxy groups -OCH3 is 1. The van der Waals surface area contributed by atoms with Crippen LogP contribution in [0.5, 0.6) is 11.5 Å². The predicted octanol–water partition coefficient (Wildman–Crippen LogP) is 2.93. The van der Waals surface area contributed by atoms with Crippen molar-refractivity contribution in [1.29, 1.82) is 0 Å². The molecule has 0 saturated heterocycles. The SMILES string of the molecule is COc1ccc(O)c(CNC(C)CC(C)C)c1. The van der Waals surface area contributed by atoms with Crippen LogP contribution in [0.2, 0.25) is 0 Å². The van der Waals surface area contributed by atoms with Crippen molar-refractivity contribution in [1.82, 2.24) is 5.32 Å². The van der Waals surface area contributed by atoms with Crippen molar-refractivity contribution in [2.75, 3.05) is 7.11 Å². The van der Waals surface area contributed by atoms with Gasteiger partial charge in [-0.1, -0.05) is 13.8 Å². The van der Waals surface area contributed by atoms with E-state index in [4.69, 9.17) is 4.74 Å². The fourth-order valence-corrected chi connectivity index (χ4v) is 1.91. The molecule has 0 fully saturated rings. The first-order chi connectivity index (χ1) is 8.02. The van der Waals surface area contributed by atoms with Gasteiger partial charge < -0.3 is 15.2 Å². The van der Waals surface area contributed by atoms with Crippen LogP contribution in [0.1, 0.15) is 32.8 Å². The molecule has 0 heterocycles. The number of hydrogen-bond donors (Lipinski definition) is 2. The molecule has 17 heavy (non-hydrogen) atoms. The maximum absolute atomic E-state index is 9.73. The first-order valence-corrected chi connectivity index (χ1v) is 6.12. The number of benzene rings is 1. The maximum atomic E-state index is 9.73. The molecule has 0 aliphatic heterocycles. The Kier molecular flexibility index (Phi) is 5.29. The Morgan fingerprint density at radius 2 is 2.00 bits per heavy atom. The van der Waals surface area contributed by atoms with E-state index in [0.717, 1.165) is 17.7 Å². The van der Waals surface area contributed by atoms with Crippen molar-refractivity contribution in [2.24, 2.45) is 5.92 Å².